The van der Waals surface area contributed by atoms with E-state index in [0.717, 1.165) is 24.0 Å². The Balaban J connectivity index is -0.00000108. The van der Waals surface area contributed by atoms with Crippen LogP contribution in [-0.2, 0) is 19.0 Å². The summed E-state index contributed by atoms with van der Waals surface area (Å²) in [5.74, 6) is 4.27. The maximum absolute atomic E-state index is 11.9. The molecule has 1 heterocycles. The molecule has 1 amide bonds. The van der Waals surface area contributed by atoms with Gasteiger partial charge in [-0.15, -0.1) is 0 Å². The van der Waals surface area contributed by atoms with Crippen LogP contribution < -0.4 is 5.32 Å². The molecule has 2 radical (unpaired) electrons. The Bertz CT molecular complexity index is 542. The Hall–Kier alpha value is 0.115. The molecule has 2 aliphatic rings. The third kappa shape index (κ3) is 32.1. The van der Waals surface area contributed by atoms with Crippen molar-refractivity contribution < 1.29 is 19.0 Å². The first kappa shape index (κ1) is 48.5. The van der Waals surface area contributed by atoms with Gasteiger partial charge in [-0.25, -0.2) is 0 Å². The fraction of sp³-hybridized carbons (Fsp3) is 0.972. The molecule has 5 nitrogen and oxygen atoms in total. The van der Waals surface area contributed by atoms with Gasteiger partial charge in [0, 0.05) is 37.7 Å². The highest BCUT2D eigenvalue weighted by Gasteiger charge is 2.29. The Labute approximate surface area is 285 Å². The second kappa shape index (κ2) is 41.1. The van der Waals surface area contributed by atoms with Gasteiger partial charge >= 0.3 is 0 Å². The maximum atomic E-state index is 11.9. The molecular weight excluding hydrogens is 585 g/mol. The molecule has 2 fully saturated rings. The van der Waals surface area contributed by atoms with Gasteiger partial charge in [-0.1, -0.05) is 154 Å². The molecule has 1 N–H and O–H groups in total. The monoisotopic (exact) mass is 662 g/mol. The van der Waals surface area contributed by atoms with Crippen LogP contribution in [0.2, 0.25) is 6.82 Å². The number of carbonyl (C=O) groups excluding carboxylic acids is 1. The number of hydrogen-bond acceptors (Lipinski definition) is 6. The van der Waals surface area contributed by atoms with Crippen LogP contribution in [0.3, 0.4) is 0 Å². The lowest BCUT2D eigenvalue weighted by Gasteiger charge is -2.28. The SMILES string of the molecule is CC.CC.CC(C)C1CCC1.CCCCCCCCCCCCSSCCC(=O)NCCCOC1COCC1OCC.[B]C. The Morgan fingerprint density at radius 1 is 0.795 bits per heavy atom. The van der Waals surface area contributed by atoms with Gasteiger partial charge in [0.1, 0.15) is 12.2 Å². The highest BCUT2D eigenvalue weighted by Crippen LogP contribution is 2.32. The number of rotatable bonds is 23. The van der Waals surface area contributed by atoms with Crippen molar-refractivity contribution >= 4 is 35.3 Å². The molecule has 1 saturated carbocycles. The summed E-state index contributed by atoms with van der Waals surface area (Å²) >= 11 is 0. The summed E-state index contributed by atoms with van der Waals surface area (Å²) in [4.78, 5) is 11.9. The van der Waals surface area contributed by atoms with Crippen molar-refractivity contribution in [3.63, 3.8) is 0 Å². The first-order chi connectivity index (χ1) is 21.6. The van der Waals surface area contributed by atoms with Gasteiger partial charge < -0.3 is 19.5 Å². The molecule has 1 aliphatic heterocycles. The minimum Gasteiger partial charge on any atom is -0.376 e. The van der Waals surface area contributed by atoms with Crippen LogP contribution in [-0.4, -0.2) is 70.4 Å². The number of hydrogen-bond donors (Lipinski definition) is 1. The largest absolute Gasteiger partial charge is 0.376 e. The van der Waals surface area contributed by atoms with Crippen LogP contribution >= 0.6 is 21.6 Å². The quantitative estimate of drug-likeness (QED) is 0.0668. The molecule has 0 aromatic rings. The van der Waals surface area contributed by atoms with E-state index in [-0.39, 0.29) is 18.1 Å². The van der Waals surface area contributed by atoms with E-state index in [0.29, 0.717) is 39.4 Å². The summed E-state index contributed by atoms with van der Waals surface area (Å²) in [6.07, 6.45) is 19.8. The molecule has 2 atom stereocenters. The average molecular weight is 662 g/mol. The van der Waals surface area contributed by atoms with Gasteiger partial charge in [-0.3, -0.25) is 4.79 Å². The van der Waals surface area contributed by atoms with Gasteiger partial charge in [0.05, 0.1) is 21.1 Å². The summed E-state index contributed by atoms with van der Waals surface area (Å²) in [6.45, 7) is 21.6. The zero-order chi connectivity index (χ0) is 33.7. The van der Waals surface area contributed by atoms with Gasteiger partial charge in [0.25, 0.3) is 0 Å². The molecule has 0 spiro atoms. The summed E-state index contributed by atoms with van der Waals surface area (Å²) in [5.41, 5.74) is 0. The van der Waals surface area contributed by atoms with E-state index >= 15 is 0 Å². The fourth-order valence-electron chi connectivity index (χ4n) is 4.67. The second-order valence-electron chi connectivity index (χ2n) is 11.2. The van der Waals surface area contributed by atoms with Crippen molar-refractivity contribution in [1.82, 2.24) is 5.32 Å². The lowest BCUT2D eigenvalue weighted by Crippen LogP contribution is -2.31. The van der Waals surface area contributed by atoms with Crippen molar-refractivity contribution in [2.24, 2.45) is 11.8 Å². The first-order valence-electron chi connectivity index (χ1n) is 18.5. The van der Waals surface area contributed by atoms with Crippen LogP contribution in [0.15, 0.2) is 0 Å². The van der Waals surface area contributed by atoms with Crippen molar-refractivity contribution in [1.29, 1.82) is 0 Å². The van der Waals surface area contributed by atoms with Crippen molar-refractivity contribution in [3.05, 3.63) is 0 Å². The number of carbonyl (C=O) groups is 1. The average Bonchev–Trinajstić information content (AvgIpc) is 3.46. The normalized spacial score (nSPS) is 17.0. The molecule has 2 unspecified atom stereocenters. The minimum absolute atomic E-state index is 0.0274. The molecule has 264 valence electrons. The van der Waals surface area contributed by atoms with Crippen LogP contribution in [0.4, 0.5) is 0 Å². The summed E-state index contributed by atoms with van der Waals surface area (Å²) in [6, 6.07) is 0. The van der Waals surface area contributed by atoms with E-state index in [1.807, 2.05) is 56.2 Å². The summed E-state index contributed by atoms with van der Waals surface area (Å²) < 4.78 is 16.8. The summed E-state index contributed by atoms with van der Waals surface area (Å²) in [7, 11) is 8.25. The zero-order valence-corrected chi connectivity index (χ0v) is 32.5. The third-order valence-electron chi connectivity index (χ3n) is 7.50. The highest BCUT2D eigenvalue weighted by atomic mass is 33.1. The minimum atomic E-state index is 0.0274. The Kier molecular flexibility index (Phi) is 45.4. The lowest BCUT2D eigenvalue weighted by molar-refractivity contribution is -0.120. The van der Waals surface area contributed by atoms with Gasteiger partial charge in [-0.05, 0) is 31.6 Å². The number of amides is 1. The van der Waals surface area contributed by atoms with E-state index < -0.39 is 0 Å². The standard InChI is InChI=1S/C24H47NO4S2.C7H14.2C2H6.CH3B/c1-3-5-6-7-8-9-10-11-12-13-18-30-31-19-15-24(26)25-16-14-17-29-23-21-27-20-22(23)28-4-2;1-6(2)7-4-3-5-7;3*1-2/h22-23H,3-21H2,1-2H3,(H,25,26);6-7H,3-5H2,1-2H3;2*1-2H3;1H3. The highest BCUT2D eigenvalue weighted by molar-refractivity contribution is 8.76. The molecule has 0 aromatic carbocycles. The molecule has 8 heteroatoms. The number of ether oxygens (including phenoxy) is 3. The van der Waals surface area contributed by atoms with Gasteiger partial charge in [0.2, 0.25) is 5.91 Å². The summed E-state index contributed by atoms with van der Waals surface area (Å²) in [5, 5.41) is 2.99. The Morgan fingerprint density at radius 2 is 1.32 bits per heavy atom. The van der Waals surface area contributed by atoms with Crippen molar-refractivity contribution in [2.45, 2.75) is 171 Å². The predicted molar refractivity (Wildman–Crippen MR) is 201 cm³/mol. The van der Waals surface area contributed by atoms with Gasteiger partial charge in [-0.2, -0.15) is 0 Å². The number of unbranched alkanes of at least 4 members (excludes halogenated alkanes) is 9. The van der Waals surface area contributed by atoms with Crippen LogP contribution in [0.5, 0.6) is 0 Å². The Morgan fingerprint density at radius 3 is 1.80 bits per heavy atom. The van der Waals surface area contributed by atoms with Crippen LogP contribution in [0, 0.1) is 11.8 Å². The molecule has 1 saturated heterocycles. The molecule has 44 heavy (non-hydrogen) atoms. The fourth-order valence-corrected chi connectivity index (χ4v) is 6.81. The molecular formula is C36H76BNO4S2. The topological polar surface area (TPSA) is 56.8 Å². The molecule has 2 rings (SSSR count). The van der Waals surface area contributed by atoms with Crippen LogP contribution in [0.25, 0.3) is 0 Å². The molecule has 0 aromatic heterocycles. The van der Waals surface area contributed by atoms with E-state index in [1.54, 1.807) is 0 Å². The molecule has 0 bridgehead atoms. The second-order valence-corrected chi connectivity index (χ2v) is 13.9. The lowest BCUT2D eigenvalue weighted by atomic mass is 9.78. The molecule has 1 aliphatic carbocycles. The first-order valence-corrected chi connectivity index (χ1v) is 21.0. The van der Waals surface area contributed by atoms with Crippen LogP contribution in [0.1, 0.15) is 152 Å². The zero-order valence-electron chi connectivity index (χ0n) is 30.9. The smallest absolute Gasteiger partial charge is 0.220 e. The van der Waals surface area contributed by atoms with E-state index in [1.165, 1.54) is 96.0 Å². The third-order valence-corrected chi connectivity index (χ3v) is 10.00. The predicted octanol–water partition coefficient (Wildman–Crippen LogP) is 10.7. The van der Waals surface area contributed by atoms with E-state index in [9.17, 15) is 4.79 Å². The van der Waals surface area contributed by atoms with Crippen molar-refractivity contribution in [2.75, 3.05) is 44.5 Å². The maximum Gasteiger partial charge on any atom is 0.220 e. The number of nitrogens with one attached hydrogen (secondary N) is 1. The van der Waals surface area contributed by atoms with E-state index in [2.05, 4.69) is 33.9 Å². The van der Waals surface area contributed by atoms with E-state index in [4.69, 9.17) is 14.2 Å². The van der Waals surface area contributed by atoms with Gasteiger partial charge in [0.15, 0.2) is 0 Å². The van der Waals surface area contributed by atoms with Crippen molar-refractivity contribution in [3.8, 4) is 0 Å².